The van der Waals surface area contributed by atoms with Crippen LogP contribution in [0.1, 0.15) is 12.5 Å². The minimum Gasteiger partial charge on any atom is -0.384 e. The first-order chi connectivity index (χ1) is 9.81. The first-order valence-corrected chi connectivity index (χ1v) is 8.66. The molecule has 0 bridgehead atoms. The molecule has 0 amide bonds. The molecule has 0 spiro atoms. The number of halogens is 2. The number of rotatable bonds is 8. The Morgan fingerprint density at radius 1 is 1.29 bits per heavy atom. The van der Waals surface area contributed by atoms with Crippen molar-refractivity contribution in [3.05, 3.63) is 27.7 Å². The van der Waals surface area contributed by atoms with Crippen molar-refractivity contribution in [3.8, 4) is 0 Å². The van der Waals surface area contributed by atoms with Crippen molar-refractivity contribution in [2.45, 2.75) is 18.4 Å². The van der Waals surface area contributed by atoms with Crippen LogP contribution >= 0.6 is 23.2 Å². The molecule has 0 aromatic heterocycles. The fourth-order valence-electron chi connectivity index (χ4n) is 1.78. The number of ether oxygens (including phenoxy) is 1. The van der Waals surface area contributed by atoms with Crippen molar-refractivity contribution in [3.63, 3.8) is 0 Å². The zero-order valence-corrected chi connectivity index (χ0v) is 14.6. The summed E-state index contributed by atoms with van der Waals surface area (Å²) >= 11 is 12.1. The Morgan fingerprint density at radius 2 is 1.95 bits per heavy atom. The second-order valence-corrected chi connectivity index (χ2v) is 7.37. The van der Waals surface area contributed by atoms with Crippen LogP contribution in [0.15, 0.2) is 17.0 Å². The SMILES string of the molecule is CNCc1cc(S(=O)(=O)NCC(C)COC)c(Cl)cc1Cl. The van der Waals surface area contributed by atoms with Gasteiger partial charge in [-0.2, -0.15) is 0 Å². The van der Waals surface area contributed by atoms with Gasteiger partial charge < -0.3 is 10.1 Å². The molecule has 0 saturated carbocycles. The van der Waals surface area contributed by atoms with Gasteiger partial charge in [0, 0.05) is 31.8 Å². The maximum Gasteiger partial charge on any atom is 0.242 e. The van der Waals surface area contributed by atoms with Gasteiger partial charge in [0.2, 0.25) is 10.0 Å². The van der Waals surface area contributed by atoms with Crippen LogP contribution in [0.25, 0.3) is 0 Å². The van der Waals surface area contributed by atoms with Crippen LogP contribution in [0.3, 0.4) is 0 Å². The molecule has 0 aliphatic heterocycles. The predicted octanol–water partition coefficient (Wildman–Crippen LogP) is 2.27. The van der Waals surface area contributed by atoms with Crippen molar-refractivity contribution in [1.82, 2.24) is 10.0 Å². The lowest BCUT2D eigenvalue weighted by molar-refractivity contribution is 0.161. The molecule has 0 radical (unpaired) electrons. The Labute approximate surface area is 136 Å². The minimum atomic E-state index is -3.69. The normalized spacial score (nSPS) is 13.4. The van der Waals surface area contributed by atoms with Crippen LogP contribution in [0.4, 0.5) is 0 Å². The maximum absolute atomic E-state index is 12.3. The maximum atomic E-state index is 12.3. The van der Waals surface area contributed by atoms with Gasteiger partial charge in [0.25, 0.3) is 0 Å². The standard InChI is InChI=1S/C13H20Cl2N2O3S/c1-9(8-20-3)6-17-21(18,19)13-4-10(7-16-2)11(14)5-12(13)15/h4-5,9,16-17H,6-8H2,1-3H3. The van der Waals surface area contributed by atoms with Crippen LogP contribution in [0.2, 0.25) is 10.0 Å². The molecule has 0 heterocycles. The third-order valence-electron chi connectivity index (χ3n) is 2.83. The lowest BCUT2D eigenvalue weighted by atomic mass is 10.2. The second-order valence-electron chi connectivity index (χ2n) is 4.82. The zero-order chi connectivity index (χ0) is 16.0. The van der Waals surface area contributed by atoms with E-state index in [0.717, 1.165) is 0 Å². The molecule has 0 fully saturated rings. The quantitative estimate of drug-likeness (QED) is 0.751. The lowest BCUT2D eigenvalue weighted by Gasteiger charge is -2.14. The van der Waals surface area contributed by atoms with Crippen molar-refractivity contribution in [2.24, 2.45) is 5.92 Å². The van der Waals surface area contributed by atoms with Crippen molar-refractivity contribution >= 4 is 33.2 Å². The Bertz CT molecular complexity index is 579. The zero-order valence-electron chi connectivity index (χ0n) is 12.2. The topological polar surface area (TPSA) is 67.4 Å². The van der Waals surface area contributed by atoms with E-state index in [0.29, 0.717) is 23.7 Å². The van der Waals surface area contributed by atoms with Gasteiger partial charge in [-0.1, -0.05) is 30.1 Å². The summed E-state index contributed by atoms with van der Waals surface area (Å²) in [4.78, 5) is 0.0310. The van der Waals surface area contributed by atoms with Crippen molar-refractivity contribution < 1.29 is 13.2 Å². The molecule has 1 rings (SSSR count). The summed E-state index contributed by atoms with van der Waals surface area (Å²) in [6.45, 7) is 3.10. The molecule has 1 aromatic rings. The highest BCUT2D eigenvalue weighted by molar-refractivity contribution is 7.89. The number of methoxy groups -OCH3 is 1. The van der Waals surface area contributed by atoms with E-state index in [1.807, 2.05) is 6.92 Å². The van der Waals surface area contributed by atoms with Gasteiger partial charge >= 0.3 is 0 Å². The van der Waals surface area contributed by atoms with Crippen LogP contribution < -0.4 is 10.0 Å². The van der Waals surface area contributed by atoms with Crippen LogP contribution in [-0.2, 0) is 21.3 Å². The predicted molar refractivity (Wildman–Crippen MR) is 85.5 cm³/mol. The molecule has 8 heteroatoms. The average molecular weight is 355 g/mol. The van der Waals surface area contributed by atoms with Gasteiger partial charge in [0.1, 0.15) is 4.90 Å². The van der Waals surface area contributed by atoms with E-state index in [1.165, 1.54) is 12.1 Å². The highest BCUT2D eigenvalue weighted by atomic mass is 35.5. The molecule has 0 aliphatic rings. The molecular formula is C13H20Cl2N2O3S. The summed E-state index contributed by atoms with van der Waals surface area (Å²) in [5.74, 6) is 0.0626. The first-order valence-electron chi connectivity index (χ1n) is 6.43. The van der Waals surface area contributed by atoms with Gasteiger partial charge in [-0.25, -0.2) is 13.1 Å². The van der Waals surface area contributed by atoms with Crippen molar-refractivity contribution in [2.75, 3.05) is 27.3 Å². The summed E-state index contributed by atoms with van der Waals surface area (Å²) in [5, 5.41) is 3.47. The molecule has 2 N–H and O–H groups in total. The molecule has 5 nitrogen and oxygen atoms in total. The van der Waals surface area contributed by atoms with E-state index in [4.69, 9.17) is 27.9 Å². The highest BCUT2D eigenvalue weighted by Gasteiger charge is 2.20. The summed E-state index contributed by atoms with van der Waals surface area (Å²) in [6, 6.07) is 2.94. The Balaban J connectivity index is 2.99. The number of nitrogens with one attached hydrogen (secondary N) is 2. The first kappa shape index (κ1) is 18.7. The third kappa shape index (κ3) is 5.39. The molecule has 120 valence electrons. The fourth-order valence-corrected chi connectivity index (χ4v) is 3.80. The summed E-state index contributed by atoms with van der Waals surface area (Å²) in [7, 11) is -0.358. The van der Waals surface area contributed by atoms with Crippen molar-refractivity contribution in [1.29, 1.82) is 0 Å². The molecule has 1 aromatic carbocycles. The summed E-state index contributed by atoms with van der Waals surface area (Å²) < 4.78 is 32.2. The van der Waals surface area contributed by atoms with Gasteiger partial charge in [0.15, 0.2) is 0 Å². The molecule has 0 aliphatic carbocycles. The third-order valence-corrected chi connectivity index (χ3v) is 5.07. The Hall–Kier alpha value is -0.370. The second kappa shape index (κ2) is 8.31. The molecule has 1 atom stereocenters. The van der Waals surface area contributed by atoms with Gasteiger partial charge in [-0.05, 0) is 30.7 Å². The molecule has 0 saturated heterocycles. The van der Waals surface area contributed by atoms with Gasteiger partial charge in [-0.15, -0.1) is 0 Å². The lowest BCUT2D eigenvalue weighted by Crippen LogP contribution is -2.30. The van der Waals surface area contributed by atoms with Gasteiger partial charge in [-0.3, -0.25) is 0 Å². The smallest absolute Gasteiger partial charge is 0.242 e. The van der Waals surface area contributed by atoms with E-state index >= 15 is 0 Å². The number of hydrogen-bond donors (Lipinski definition) is 2. The minimum absolute atomic E-state index is 0.0310. The summed E-state index contributed by atoms with van der Waals surface area (Å²) in [6.07, 6.45) is 0. The van der Waals surface area contributed by atoms with E-state index in [1.54, 1.807) is 14.2 Å². The molecule has 21 heavy (non-hydrogen) atoms. The van der Waals surface area contributed by atoms with Crippen LogP contribution in [0, 0.1) is 5.92 Å². The Kier molecular flexibility index (Phi) is 7.39. The fraction of sp³-hybridized carbons (Fsp3) is 0.538. The number of hydrogen-bond acceptors (Lipinski definition) is 4. The van der Waals surface area contributed by atoms with Crippen LogP contribution in [-0.4, -0.2) is 35.7 Å². The van der Waals surface area contributed by atoms with Gasteiger partial charge in [0.05, 0.1) is 5.02 Å². The average Bonchev–Trinajstić information content (AvgIpc) is 2.40. The van der Waals surface area contributed by atoms with E-state index in [-0.39, 0.29) is 22.4 Å². The summed E-state index contributed by atoms with van der Waals surface area (Å²) in [5.41, 5.74) is 0.675. The number of benzene rings is 1. The highest BCUT2D eigenvalue weighted by Crippen LogP contribution is 2.28. The largest absolute Gasteiger partial charge is 0.384 e. The molecular weight excluding hydrogens is 335 g/mol. The monoisotopic (exact) mass is 354 g/mol. The number of sulfonamides is 1. The molecule has 1 unspecified atom stereocenters. The van der Waals surface area contributed by atoms with E-state index < -0.39 is 10.0 Å². The Morgan fingerprint density at radius 3 is 2.52 bits per heavy atom. The van der Waals surface area contributed by atoms with Crippen LogP contribution in [0.5, 0.6) is 0 Å². The van der Waals surface area contributed by atoms with E-state index in [9.17, 15) is 8.42 Å². The van der Waals surface area contributed by atoms with E-state index in [2.05, 4.69) is 10.0 Å².